The van der Waals surface area contributed by atoms with E-state index in [9.17, 15) is 9.59 Å². The zero-order valence-corrected chi connectivity index (χ0v) is 11.6. The smallest absolute Gasteiger partial charge is 0.335 e. The largest absolute Gasteiger partial charge is 0.478 e. The van der Waals surface area contributed by atoms with Gasteiger partial charge in [-0.3, -0.25) is 9.69 Å². The summed E-state index contributed by atoms with van der Waals surface area (Å²) in [5, 5.41) is 8.98. The first-order valence-electron chi connectivity index (χ1n) is 6.75. The topological polar surface area (TPSA) is 66.8 Å². The SMILES string of the molecule is Cc1ccc(C(=O)O)cc1C(=O)CCN1CCOCC1. The Kier molecular flexibility index (Phi) is 4.87. The number of ketones is 1. The highest BCUT2D eigenvalue weighted by Gasteiger charge is 2.15. The maximum absolute atomic E-state index is 12.2. The van der Waals surface area contributed by atoms with Gasteiger partial charge in [0, 0.05) is 31.6 Å². The number of carbonyl (C=O) groups excluding carboxylic acids is 1. The fourth-order valence-electron chi connectivity index (χ4n) is 2.27. The molecule has 108 valence electrons. The molecule has 1 heterocycles. The third-order valence-corrected chi connectivity index (χ3v) is 3.54. The predicted octanol–water partition coefficient (Wildman–Crippen LogP) is 1.60. The molecule has 0 amide bonds. The highest BCUT2D eigenvalue weighted by Crippen LogP contribution is 2.14. The molecule has 1 N–H and O–H groups in total. The summed E-state index contributed by atoms with van der Waals surface area (Å²) in [6, 6.07) is 4.68. The van der Waals surface area contributed by atoms with E-state index in [1.807, 2.05) is 6.92 Å². The van der Waals surface area contributed by atoms with E-state index in [1.165, 1.54) is 12.1 Å². The van der Waals surface area contributed by atoms with E-state index in [0.717, 1.165) is 18.7 Å². The molecule has 1 aromatic rings. The van der Waals surface area contributed by atoms with Crippen molar-refractivity contribution >= 4 is 11.8 Å². The van der Waals surface area contributed by atoms with Crippen LogP contribution in [-0.2, 0) is 4.74 Å². The number of morpholine rings is 1. The zero-order chi connectivity index (χ0) is 14.5. The second-order valence-electron chi connectivity index (χ2n) is 4.96. The van der Waals surface area contributed by atoms with Crippen molar-refractivity contribution in [2.45, 2.75) is 13.3 Å². The Hall–Kier alpha value is -1.72. The summed E-state index contributed by atoms with van der Waals surface area (Å²) in [7, 11) is 0. The number of aromatic carboxylic acids is 1. The van der Waals surface area contributed by atoms with Crippen LogP contribution in [0.1, 0.15) is 32.7 Å². The van der Waals surface area contributed by atoms with Crippen LogP contribution in [0.3, 0.4) is 0 Å². The summed E-state index contributed by atoms with van der Waals surface area (Å²) in [6.45, 7) is 5.64. The van der Waals surface area contributed by atoms with Gasteiger partial charge in [-0.05, 0) is 24.6 Å². The molecule has 0 aromatic heterocycles. The number of aryl methyl sites for hydroxylation is 1. The highest BCUT2D eigenvalue weighted by molar-refractivity contribution is 6.00. The van der Waals surface area contributed by atoms with Crippen LogP contribution >= 0.6 is 0 Å². The first-order valence-corrected chi connectivity index (χ1v) is 6.75. The Morgan fingerprint density at radius 2 is 2.00 bits per heavy atom. The molecule has 5 heteroatoms. The van der Waals surface area contributed by atoms with Crippen LogP contribution in [0, 0.1) is 6.92 Å². The van der Waals surface area contributed by atoms with Crippen molar-refractivity contribution in [2.75, 3.05) is 32.8 Å². The van der Waals surface area contributed by atoms with Gasteiger partial charge in [-0.1, -0.05) is 6.07 Å². The molecule has 0 aliphatic carbocycles. The second-order valence-corrected chi connectivity index (χ2v) is 4.96. The average Bonchev–Trinajstić information content (AvgIpc) is 2.46. The molecule has 1 aliphatic rings. The van der Waals surface area contributed by atoms with E-state index < -0.39 is 5.97 Å². The third-order valence-electron chi connectivity index (χ3n) is 3.54. The molecule has 1 aromatic carbocycles. The number of ether oxygens (including phenoxy) is 1. The lowest BCUT2D eigenvalue weighted by Gasteiger charge is -2.26. The number of carboxylic acids is 1. The van der Waals surface area contributed by atoms with E-state index in [-0.39, 0.29) is 11.3 Å². The van der Waals surface area contributed by atoms with Crippen molar-refractivity contribution in [1.29, 1.82) is 0 Å². The minimum Gasteiger partial charge on any atom is -0.478 e. The van der Waals surface area contributed by atoms with Gasteiger partial charge in [0.2, 0.25) is 0 Å². The Balaban J connectivity index is 2.00. The molecule has 0 atom stereocenters. The van der Waals surface area contributed by atoms with Crippen molar-refractivity contribution in [3.05, 3.63) is 34.9 Å². The Morgan fingerprint density at radius 3 is 2.65 bits per heavy atom. The van der Waals surface area contributed by atoms with Crippen molar-refractivity contribution < 1.29 is 19.4 Å². The van der Waals surface area contributed by atoms with Crippen molar-refractivity contribution in [3.63, 3.8) is 0 Å². The van der Waals surface area contributed by atoms with Crippen LogP contribution in [0.4, 0.5) is 0 Å². The van der Waals surface area contributed by atoms with E-state index in [1.54, 1.807) is 6.07 Å². The molecule has 0 bridgehead atoms. The van der Waals surface area contributed by atoms with E-state index in [4.69, 9.17) is 9.84 Å². The van der Waals surface area contributed by atoms with Gasteiger partial charge in [0.1, 0.15) is 0 Å². The number of carboxylic acid groups (broad SMARTS) is 1. The van der Waals surface area contributed by atoms with Gasteiger partial charge in [0.15, 0.2) is 5.78 Å². The Bertz CT molecular complexity index is 507. The third kappa shape index (κ3) is 3.65. The number of benzene rings is 1. The maximum atomic E-state index is 12.2. The molecule has 0 unspecified atom stereocenters. The fourth-order valence-corrected chi connectivity index (χ4v) is 2.27. The maximum Gasteiger partial charge on any atom is 0.335 e. The van der Waals surface area contributed by atoms with Crippen LogP contribution in [0.2, 0.25) is 0 Å². The summed E-state index contributed by atoms with van der Waals surface area (Å²) in [6.07, 6.45) is 0.407. The molecule has 1 fully saturated rings. The molecule has 1 saturated heterocycles. The van der Waals surface area contributed by atoms with Crippen molar-refractivity contribution in [2.24, 2.45) is 0 Å². The van der Waals surface area contributed by atoms with Gasteiger partial charge >= 0.3 is 5.97 Å². The lowest BCUT2D eigenvalue weighted by molar-refractivity contribution is 0.0370. The average molecular weight is 277 g/mol. The number of Topliss-reactive ketones (excluding diaryl/α,β-unsaturated/α-hetero) is 1. The first-order chi connectivity index (χ1) is 9.58. The second kappa shape index (κ2) is 6.63. The van der Waals surface area contributed by atoms with Gasteiger partial charge in [-0.15, -0.1) is 0 Å². The molecule has 2 rings (SSSR count). The molecular formula is C15H19NO4. The highest BCUT2D eigenvalue weighted by atomic mass is 16.5. The monoisotopic (exact) mass is 277 g/mol. The van der Waals surface area contributed by atoms with Gasteiger partial charge in [0.25, 0.3) is 0 Å². The van der Waals surface area contributed by atoms with E-state index in [2.05, 4.69) is 4.90 Å². The molecule has 0 spiro atoms. The van der Waals surface area contributed by atoms with E-state index >= 15 is 0 Å². The summed E-state index contributed by atoms with van der Waals surface area (Å²) < 4.78 is 5.26. The molecule has 1 aliphatic heterocycles. The van der Waals surface area contributed by atoms with Crippen LogP contribution in [0.5, 0.6) is 0 Å². The van der Waals surface area contributed by atoms with Gasteiger partial charge in [-0.2, -0.15) is 0 Å². The van der Waals surface area contributed by atoms with Crippen LogP contribution in [0.25, 0.3) is 0 Å². The normalized spacial score (nSPS) is 16.1. The van der Waals surface area contributed by atoms with Crippen LogP contribution in [-0.4, -0.2) is 54.6 Å². The van der Waals surface area contributed by atoms with Crippen LogP contribution < -0.4 is 0 Å². The van der Waals surface area contributed by atoms with Crippen molar-refractivity contribution in [1.82, 2.24) is 4.90 Å². The molecule has 20 heavy (non-hydrogen) atoms. The van der Waals surface area contributed by atoms with Gasteiger partial charge in [-0.25, -0.2) is 4.79 Å². The number of rotatable bonds is 5. The summed E-state index contributed by atoms with van der Waals surface area (Å²) in [5.74, 6) is -1.01. The lowest BCUT2D eigenvalue weighted by atomic mass is 9.99. The van der Waals surface area contributed by atoms with E-state index in [0.29, 0.717) is 31.7 Å². The number of hydrogen-bond donors (Lipinski definition) is 1. The summed E-state index contributed by atoms with van der Waals surface area (Å²) >= 11 is 0. The molecule has 0 radical (unpaired) electrons. The predicted molar refractivity (Wildman–Crippen MR) is 74.3 cm³/mol. The molecule has 0 saturated carbocycles. The quantitative estimate of drug-likeness (QED) is 0.828. The Labute approximate surface area is 118 Å². The number of carbonyl (C=O) groups is 2. The Morgan fingerprint density at radius 1 is 1.30 bits per heavy atom. The standard InChI is InChI=1S/C15H19NO4/c1-11-2-3-12(15(18)19)10-13(11)14(17)4-5-16-6-8-20-9-7-16/h2-3,10H,4-9H2,1H3,(H,18,19). The van der Waals surface area contributed by atoms with Gasteiger partial charge < -0.3 is 9.84 Å². The number of hydrogen-bond acceptors (Lipinski definition) is 4. The summed E-state index contributed by atoms with van der Waals surface area (Å²) in [5.41, 5.74) is 1.49. The zero-order valence-electron chi connectivity index (χ0n) is 11.6. The summed E-state index contributed by atoms with van der Waals surface area (Å²) in [4.78, 5) is 25.4. The van der Waals surface area contributed by atoms with Gasteiger partial charge in [0.05, 0.1) is 18.8 Å². The molecule has 5 nitrogen and oxygen atoms in total. The van der Waals surface area contributed by atoms with Crippen molar-refractivity contribution in [3.8, 4) is 0 Å². The minimum atomic E-state index is -1.01. The first kappa shape index (κ1) is 14.7. The number of nitrogens with zero attached hydrogens (tertiary/aromatic N) is 1. The lowest BCUT2D eigenvalue weighted by Crippen LogP contribution is -2.37. The molecular weight excluding hydrogens is 258 g/mol. The fraction of sp³-hybridized carbons (Fsp3) is 0.467. The van der Waals surface area contributed by atoms with Crippen LogP contribution in [0.15, 0.2) is 18.2 Å². The minimum absolute atomic E-state index is 0.00269.